The van der Waals surface area contributed by atoms with E-state index in [-0.39, 0.29) is 5.78 Å². The van der Waals surface area contributed by atoms with E-state index >= 15 is 0 Å². The van der Waals surface area contributed by atoms with E-state index in [1.165, 1.54) is 81.6 Å². The van der Waals surface area contributed by atoms with Gasteiger partial charge in [0.25, 0.3) is 0 Å². The topological polar surface area (TPSA) is 72.1 Å². The average Bonchev–Trinajstić information content (AvgIpc) is 3.30. The molecule has 0 aromatic carbocycles. The van der Waals surface area contributed by atoms with Crippen molar-refractivity contribution in [1.29, 1.82) is 0 Å². The molecule has 172 valence electrons. The van der Waals surface area contributed by atoms with Crippen molar-refractivity contribution >= 4 is 17.1 Å². The summed E-state index contributed by atoms with van der Waals surface area (Å²) in [5.74, 6) is 3.68. The Kier molecular flexibility index (Phi) is 5.45. The highest BCUT2D eigenvalue weighted by atomic mass is 32.1. The monoisotopic (exact) mass is 454 g/mol. The van der Waals surface area contributed by atoms with E-state index in [1.807, 2.05) is 11.3 Å². The zero-order valence-corrected chi connectivity index (χ0v) is 20.0. The maximum atomic E-state index is 12.4. The van der Waals surface area contributed by atoms with Crippen LogP contribution in [0.15, 0.2) is 4.52 Å². The second-order valence-corrected chi connectivity index (χ2v) is 12.1. The molecule has 4 saturated carbocycles. The zero-order chi connectivity index (χ0) is 21.7. The van der Waals surface area contributed by atoms with Crippen LogP contribution in [0, 0.1) is 24.7 Å². The number of ketones is 1. The number of Topliss-reactive ketones (excluding diaryl/α,β-unsaturated/α-hetero) is 1. The predicted octanol–water partition coefficient (Wildman–Crippen LogP) is 4.64. The van der Waals surface area contributed by atoms with Gasteiger partial charge < -0.3 is 4.52 Å². The van der Waals surface area contributed by atoms with Crippen LogP contribution in [0.3, 0.4) is 0 Å². The first-order valence-corrected chi connectivity index (χ1v) is 13.4. The van der Waals surface area contributed by atoms with E-state index in [4.69, 9.17) is 9.51 Å². The molecule has 1 aliphatic heterocycles. The molecular formula is C25H34N4O2S. The Morgan fingerprint density at radius 2 is 1.94 bits per heavy atom. The number of nitrogens with zero attached hydrogens (tertiary/aromatic N) is 4. The van der Waals surface area contributed by atoms with Gasteiger partial charge in [-0.25, -0.2) is 4.98 Å². The number of aryl methyl sites for hydroxylation is 1. The highest BCUT2D eigenvalue weighted by molar-refractivity contribution is 7.12. The summed E-state index contributed by atoms with van der Waals surface area (Å²) >= 11 is 2.03. The SMILES string of the molecule is Cc1nc(CC(=O)CC2CCC(CCN3CCc4sc(C56CC(C5)C6)nc4C3)CC2)no1. The van der Waals surface area contributed by atoms with Crippen LogP contribution in [0.5, 0.6) is 0 Å². The van der Waals surface area contributed by atoms with Gasteiger partial charge in [0.2, 0.25) is 5.89 Å². The first-order valence-electron chi connectivity index (χ1n) is 12.6. The first kappa shape index (κ1) is 21.0. The van der Waals surface area contributed by atoms with Gasteiger partial charge in [-0.15, -0.1) is 11.3 Å². The van der Waals surface area contributed by atoms with Crippen LogP contribution in [-0.2, 0) is 29.6 Å². The largest absolute Gasteiger partial charge is 0.340 e. The molecule has 7 rings (SSSR count). The van der Waals surface area contributed by atoms with Gasteiger partial charge in [0.05, 0.1) is 17.1 Å². The fraction of sp³-hybridized carbons (Fsp3) is 0.760. The van der Waals surface area contributed by atoms with Gasteiger partial charge in [0.1, 0.15) is 5.78 Å². The molecule has 2 bridgehead atoms. The molecule has 4 fully saturated rings. The molecule has 0 N–H and O–H groups in total. The van der Waals surface area contributed by atoms with Gasteiger partial charge in [-0.1, -0.05) is 18.0 Å². The van der Waals surface area contributed by atoms with Crippen LogP contribution in [-0.4, -0.2) is 38.9 Å². The Morgan fingerprint density at radius 1 is 1.16 bits per heavy atom. The Balaban J connectivity index is 0.925. The highest BCUT2D eigenvalue weighted by Gasteiger charge is 2.59. The van der Waals surface area contributed by atoms with Crippen molar-refractivity contribution in [3.63, 3.8) is 0 Å². The number of aromatic nitrogens is 3. The molecule has 7 heteroatoms. The predicted molar refractivity (Wildman–Crippen MR) is 123 cm³/mol. The number of hydrogen-bond acceptors (Lipinski definition) is 7. The lowest BCUT2D eigenvalue weighted by atomic mass is 9.45. The summed E-state index contributed by atoms with van der Waals surface area (Å²) in [6.45, 7) is 5.22. The minimum Gasteiger partial charge on any atom is -0.340 e. The second-order valence-electron chi connectivity index (χ2n) is 11.0. The third kappa shape index (κ3) is 4.07. The van der Waals surface area contributed by atoms with E-state index < -0.39 is 0 Å². The quantitative estimate of drug-likeness (QED) is 0.578. The van der Waals surface area contributed by atoms with Crippen LogP contribution in [0.4, 0.5) is 0 Å². The molecule has 4 aliphatic carbocycles. The summed E-state index contributed by atoms with van der Waals surface area (Å²) in [5.41, 5.74) is 1.90. The van der Waals surface area contributed by atoms with Crippen molar-refractivity contribution in [2.45, 2.75) is 89.5 Å². The molecule has 0 unspecified atom stereocenters. The third-order valence-corrected chi connectivity index (χ3v) is 9.96. The van der Waals surface area contributed by atoms with Crippen molar-refractivity contribution < 1.29 is 9.32 Å². The maximum Gasteiger partial charge on any atom is 0.223 e. The molecule has 0 amide bonds. The highest BCUT2D eigenvalue weighted by Crippen LogP contribution is 2.65. The van der Waals surface area contributed by atoms with Crippen LogP contribution in [0.25, 0.3) is 0 Å². The van der Waals surface area contributed by atoms with Crippen LogP contribution in [0.2, 0.25) is 0 Å². The smallest absolute Gasteiger partial charge is 0.223 e. The summed E-state index contributed by atoms with van der Waals surface area (Å²) in [4.78, 5) is 25.8. The number of thiazole rings is 1. The minimum atomic E-state index is 0.250. The number of rotatable bonds is 8. The van der Waals surface area contributed by atoms with Gasteiger partial charge in [-0.05, 0) is 69.2 Å². The van der Waals surface area contributed by atoms with Crippen molar-refractivity contribution in [3.8, 4) is 0 Å². The maximum absolute atomic E-state index is 12.4. The van der Waals surface area contributed by atoms with Gasteiger partial charge in [0.15, 0.2) is 5.82 Å². The van der Waals surface area contributed by atoms with Crippen molar-refractivity contribution in [2.75, 3.05) is 13.1 Å². The van der Waals surface area contributed by atoms with Crippen LogP contribution < -0.4 is 0 Å². The molecule has 2 aromatic heterocycles. The van der Waals surface area contributed by atoms with Crippen molar-refractivity contribution in [3.05, 3.63) is 27.3 Å². The second kappa shape index (κ2) is 8.32. The van der Waals surface area contributed by atoms with Crippen LogP contribution >= 0.6 is 11.3 Å². The Morgan fingerprint density at radius 3 is 2.62 bits per heavy atom. The van der Waals surface area contributed by atoms with E-state index in [1.54, 1.807) is 11.8 Å². The summed E-state index contributed by atoms with van der Waals surface area (Å²) in [6, 6.07) is 0. The lowest BCUT2D eigenvalue weighted by Gasteiger charge is -2.60. The summed E-state index contributed by atoms with van der Waals surface area (Å²) in [5, 5.41) is 5.32. The van der Waals surface area contributed by atoms with Gasteiger partial charge in [-0.2, -0.15) is 4.98 Å². The Bertz CT molecular complexity index is 973. The number of fused-ring (bicyclic) bond motifs is 1. The van der Waals surface area contributed by atoms with Crippen molar-refractivity contribution in [1.82, 2.24) is 20.0 Å². The molecule has 2 aromatic rings. The van der Waals surface area contributed by atoms with E-state index in [2.05, 4.69) is 15.0 Å². The molecule has 0 radical (unpaired) electrons. The molecule has 0 spiro atoms. The number of carbonyl (C=O) groups excluding carboxylic acids is 1. The van der Waals surface area contributed by atoms with Gasteiger partial charge in [0, 0.05) is 36.7 Å². The number of hydrogen-bond donors (Lipinski definition) is 0. The molecular weight excluding hydrogens is 420 g/mol. The summed E-state index contributed by atoms with van der Waals surface area (Å²) in [6.07, 6.45) is 12.6. The van der Waals surface area contributed by atoms with Crippen molar-refractivity contribution in [2.24, 2.45) is 17.8 Å². The fourth-order valence-corrected chi connectivity index (χ4v) is 7.76. The standard InChI is InChI=1S/C25H34N4O2S/c1-16-26-23(28-31-16)11-20(30)10-18-4-2-17(3-5-18)6-8-29-9-7-22-21(15-29)27-24(32-22)25-12-19(13-25)14-25/h17-19H,2-15H2,1H3. The van der Waals surface area contributed by atoms with Gasteiger partial charge in [-0.3, -0.25) is 9.69 Å². The lowest BCUT2D eigenvalue weighted by molar-refractivity contribution is -0.119. The van der Waals surface area contributed by atoms with Gasteiger partial charge >= 0.3 is 0 Å². The Hall–Kier alpha value is -1.60. The first-order chi connectivity index (χ1) is 15.5. The third-order valence-electron chi connectivity index (χ3n) is 8.56. The van der Waals surface area contributed by atoms with E-state index in [0.29, 0.717) is 35.9 Å². The summed E-state index contributed by atoms with van der Waals surface area (Å²) < 4.78 is 4.97. The minimum absolute atomic E-state index is 0.250. The van der Waals surface area contributed by atoms with E-state index in [0.717, 1.165) is 18.4 Å². The molecule has 6 nitrogen and oxygen atoms in total. The molecule has 3 heterocycles. The molecule has 32 heavy (non-hydrogen) atoms. The molecule has 5 aliphatic rings. The van der Waals surface area contributed by atoms with E-state index in [9.17, 15) is 4.79 Å². The number of carbonyl (C=O) groups is 1. The lowest BCUT2D eigenvalue weighted by Crippen LogP contribution is -2.55. The molecule has 0 saturated heterocycles. The van der Waals surface area contributed by atoms with Crippen LogP contribution in [0.1, 0.15) is 85.1 Å². The Labute approximate surface area is 194 Å². The average molecular weight is 455 g/mol. The molecule has 0 atom stereocenters. The normalized spacial score (nSPS) is 31.6. The fourth-order valence-electron chi connectivity index (χ4n) is 6.48. The zero-order valence-electron chi connectivity index (χ0n) is 19.1. The summed E-state index contributed by atoms with van der Waals surface area (Å²) in [7, 11) is 0.